The molecule has 1 nitrogen and oxygen atoms in total. The number of hydrogen-bond acceptors (Lipinski definition) is 1. The lowest BCUT2D eigenvalue weighted by atomic mass is 9.80. The van der Waals surface area contributed by atoms with Crippen LogP contribution in [-0.2, 0) is 4.79 Å². The van der Waals surface area contributed by atoms with E-state index in [9.17, 15) is 4.79 Å². The van der Waals surface area contributed by atoms with Crippen LogP contribution in [0, 0.1) is 11.8 Å². The van der Waals surface area contributed by atoms with Gasteiger partial charge in [0.15, 0.2) is 0 Å². The quantitative estimate of drug-likeness (QED) is 0.597. The zero-order chi connectivity index (χ0) is 8.27. The summed E-state index contributed by atoms with van der Waals surface area (Å²) in [6, 6.07) is 0. The summed E-state index contributed by atoms with van der Waals surface area (Å²) in [6.45, 7) is 4.34. The molecule has 0 aromatic carbocycles. The molecule has 1 heteroatoms. The molecule has 0 aromatic rings. The molecule has 0 amide bonds. The molecule has 0 bridgehead atoms. The molecule has 2 atom stereocenters. The Balaban J connectivity index is 2.38. The summed E-state index contributed by atoms with van der Waals surface area (Å²) < 4.78 is 0. The van der Waals surface area contributed by atoms with Gasteiger partial charge in [-0.05, 0) is 25.2 Å². The van der Waals surface area contributed by atoms with E-state index in [1.807, 2.05) is 0 Å². The van der Waals surface area contributed by atoms with E-state index in [-0.39, 0.29) is 0 Å². The zero-order valence-corrected chi connectivity index (χ0v) is 7.60. The highest BCUT2D eigenvalue weighted by Gasteiger charge is 2.24. The molecule has 0 heterocycles. The summed E-state index contributed by atoms with van der Waals surface area (Å²) in [4.78, 5) is 11.4. The van der Waals surface area contributed by atoms with E-state index in [0.29, 0.717) is 17.6 Å². The molecule has 1 saturated carbocycles. The maximum Gasteiger partial charge on any atom is 0.136 e. The smallest absolute Gasteiger partial charge is 0.136 e. The lowest BCUT2D eigenvalue weighted by Gasteiger charge is -2.24. The second-order valence-electron chi connectivity index (χ2n) is 3.84. The molecule has 0 aliphatic heterocycles. The molecule has 1 fully saturated rings. The first-order chi connectivity index (χ1) is 5.24. The van der Waals surface area contributed by atoms with Gasteiger partial charge in [0.1, 0.15) is 5.78 Å². The van der Waals surface area contributed by atoms with Crippen LogP contribution in [-0.4, -0.2) is 5.78 Å². The molecule has 1 aliphatic rings. The maximum absolute atomic E-state index is 11.4. The Morgan fingerprint density at radius 1 is 1.45 bits per heavy atom. The van der Waals surface area contributed by atoms with Crippen LogP contribution in [0.15, 0.2) is 0 Å². The van der Waals surface area contributed by atoms with Gasteiger partial charge < -0.3 is 0 Å². The molecule has 1 aliphatic carbocycles. The number of rotatable bonds is 2. The normalized spacial score (nSPS) is 32.4. The molecule has 0 unspecified atom stereocenters. The van der Waals surface area contributed by atoms with E-state index in [0.717, 1.165) is 25.7 Å². The Hall–Kier alpha value is -0.330. The van der Waals surface area contributed by atoms with Crippen molar-refractivity contribution in [2.24, 2.45) is 11.8 Å². The van der Waals surface area contributed by atoms with E-state index in [2.05, 4.69) is 13.8 Å². The summed E-state index contributed by atoms with van der Waals surface area (Å²) in [5.74, 6) is 1.58. The number of hydrogen-bond donors (Lipinski definition) is 0. The van der Waals surface area contributed by atoms with E-state index >= 15 is 0 Å². The molecule has 0 saturated heterocycles. The van der Waals surface area contributed by atoms with Gasteiger partial charge in [0, 0.05) is 12.3 Å². The van der Waals surface area contributed by atoms with Crippen molar-refractivity contribution in [2.75, 3.05) is 0 Å². The molecule has 11 heavy (non-hydrogen) atoms. The molecule has 64 valence electrons. The maximum atomic E-state index is 11.4. The monoisotopic (exact) mass is 154 g/mol. The van der Waals surface area contributed by atoms with E-state index < -0.39 is 0 Å². The highest BCUT2D eigenvalue weighted by Crippen LogP contribution is 2.28. The summed E-state index contributed by atoms with van der Waals surface area (Å²) in [5, 5.41) is 0. The fourth-order valence-electron chi connectivity index (χ4n) is 1.91. The fraction of sp³-hybridized carbons (Fsp3) is 0.900. The standard InChI is InChI=1S/C10H18O/c1-3-4-9-6-5-8(2)7-10(9)11/h8-9H,3-7H2,1-2H3/t8-,9+/m1/s1. The van der Waals surface area contributed by atoms with Crippen LogP contribution in [0.1, 0.15) is 46.0 Å². The predicted molar refractivity (Wildman–Crippen MR) is 46.4 cm³/mol. The summed E-state index contributed by atoms with van der Waals surface area (Å²) in [7, 11) is 0. The topological polar surface area (TPSA) is 17.1 Å². The van der Waals surface area contributed by atoms with Gasteiger partial charge in [0.25, 0.3) is 0 Å². The Bertz CT molecular complexity index is 140. The van der Waals surface area contributed by atoms with Crippen LogP contribution in [0.2, 0.25) is 0 Å². The van der Waals surface area contributed by atoms with Crippen molar-refractivity contribution in [1.82, 2.24) is 0 Å². The first kappa shape index (κ1) is 8.76. The van der Waals surface area contributed by atoms with E-state index in [1.165, 1.54) is 6.42 Å². The average Bonchev–Trinajstić information content (AvgIpc) is 1.95. The van der Waals surface area contributed by atoms with Gasteiger partial charge in [-0.15, -0.1) is 0 Å². The minimum absolute atomic E-state index is 0.413. The van der Waals surface area contributed by atoms with Crippen LogP contribution in [0.25, 0.3) is 0 Å². The molecule has 0 radical (unpaired) electrons. The largest absolute Gasteiger partial charge is 0.299 e. The Morgan fingerprint density at radius 2 is 2.18 bits per heavy atom. The number of ketones is 1. The summed E-state index contributed by atoms with van der Waals surface area (Å²) in [5.41, 5.74) is 0. The van der Waals surface area contributed by atoms with Crippen molar-refractivity contribution in [1.29, 1.82) is 0 Å². The lowest BCUT2D eigenvalue weighted by Crippen LogP contribution is -2.23. The van der Waals surface area contributed by atoms with Crippen molar-refractivity contribution in [3.8, 4) is 0 Å². The Kier molecular flexibility index (Phi) is 3.10. The van der Waals surface area contributed by atoms with Crippen molar-refractivity contribution < 1.29 is 4.79 Å². The first-order valence-corrected chi connectivity index (χ1v) is 4.76. The highest BCUT2D eigenvalue weighted by molar-refractivity contribution is 5.81. The minimum atomic E-state index is 0.413. The van der Waals surface area contributed by atoms with Crippen molar-refractivity contribution >= 4 is 5.78 Å². The second-order valence-corrected chi connectivity index (χ2v) is 3.84. The Labute approximate surface area is 69.2 Å². The van der Waals surface area contributed by atoms with Gasteiger partial charge >= 0.3 is 0 Å². The van der Waals surface area contributed by atoms with Gasteiger partial charge in [-0.25, -0.2) is 0 Å². The zero-order valence-electron chi connectivity index (χ0n) is 7.60. The van der Waals surface area contributed by atoms with Gasteiger partial charge in [-0.1, -0.05) is 20.3 Å². The van der Waals surface area contributed by atoms with Crippen LogP contribution >= 0.6 is 0 Å². The highest BCUT2D eigenvalue weighted by atomic mass is 16.1. The van der Waals surface area contributed by atoms with E-state index in [1.54, 1.807) is 0 Å². The lowest BCUT2D eigenvalue weighted by molar-refractivity contribution is -0.126. The van der Waals surface area contributed by atoms with Crippen LogP contribution in [0.3, 0.4) is 0 Å². The third kappa shape index (κ3) is 2.32. The minimum Gasteiger partial charge on any atom is -0.299 e. The second kappa shape index (κ2) is 3.89. The average molecular weight is 154 g/mol. The van der Waals surface area contributed by atoms with E-state index in [4.69, 9.17) is 0 Å². The third-order valence-corrected chi connectivity index (χ3v) is 2.65. The van der Waals surface area contributed by atoms with Gasteiger partial charge in [0.2, 0.25) is 0 Å². The molecule has 0 aromatic heterocycles. The number of carbonyl (C=O) groups is 1. The molecule has 0 spiro atoms. The van der Waals surface area contributed by atoms with Crippen LogP contribution in [0.4, 0.5) is 0 Å². The fourth-order valence-corrected chi connectivity index (χ4v) is 1.91. The molecule has 1 rings (SSSR count). The first-order valence-electron chi connectivity index (χ1n) is 4.76. The number of Topliss-reactive ketones (excluding diaryl/α,β-unsaturated/α-hetero) is 1. The SMILES string of the molecule is CCC[C@H]1CC[C@@H](C)CC1=O. The Morgan fingerprint density at radius 3 is 2.73 bits per heavy atom. The van der Waals surface area contributed by atoms with Gasteiger partial charge in [0.05, 0.1) is 0 Å². The van der Waals surface area contributed by atoms with Crippen molar-refractivity contribution in [3.05, 3.63) is 0 Å². The van der Waals surface area contributed by atoms with Crippen LogP contribution < -0.4 is 0 Å². The summed E-state index contributed by atoms with van der Waals surface area (Å²) in [6.07, 6.45) is 5.52. The number of carbonyl (C=O) groups excluding carboxylic acids is 1. The molecular weight excluding hydrogens is 136 g/mol. The predicted octanol–water partition coefficient (Wildman–Crippen LogP) is 2.79. The summed E-state index contributed by atoms with van der Waals surface area (Å²) >= 11 is 0. The van der Waals surface area contributed by atoms with Gasteiger partial charge in [-0.2, -0.15) is 0 Å². The third-order valence-electron chi connectivity index (χ3n) is 2.65. The van der Waals surface area contributed by atoms with Crippen molar-refractivity contribution in [2.45, 2.75) is 46.0 Å². The van der Waals surface area contributed by atoms with Crippen molar-refractivity contribution in [3.63, 3.8) is 0 Å². The molecular formula is C10H18O. The molecule has 0 N–H and O–H groups in total. The van der Waals surface area contributed by atoms with Gasteiger partial charge in [-0.3, -0.25) is 4.79 Å². The van der Waals surface area contributed by atoms with Crippen LogP contribution in [0.5, 0.6) is 0 Å².